The highest BCUT2D eigenvalue weighted by atomic mass is 15.1. The average molecular weight is 176 g/mol. The Morgan fingerprint density at radius 2 is 2.38 bits per heavy atom. The molecule has 4 nitrogen and oxygen atoms in total. The molecule has 0 unspecified atom stereocenters. The van der Waals surface area contributed by atoms with Crippen LogP contribution in [0, 0.1) is 0 Å². The van der Waals surface area contributed by atoms with Crippen LogP contribution in [-0.4, -0.2) is 23.7 Å². The molecule has 0 radical (unpaired) electrons. The van der Waals surface area contributed by atoms with E-state index in [0.29, 0.717) is 6.67 Å². The number of benzene rings is 1. The molecular weight excluding hydrogens is 164 g/mol. The monoisotopic (exact) mass is 176 g/mol. The van der Waals surface area contributed by atoms with E-state index in [2.05, 4.69) is 9.97 Å². The third-order valence-corrected chi connectivity index (χ3v) is 2.12. The maximum absolute atomic E-state index is 5.52. The molecule has 2 aromatic rings. The maximum Gasteiger partial charge on any atom is 0.0931 e. The Hall–Kier alpha value is -1.55. The number of hydrogen-bond acceptors (Lipinski definition) is 3. The summed E-state index contributed by atoms with van der Waals surface area (Å²) in [6.07, 6.45) is 1.69. The lowest BCUT2D eigenvalue weighted by Crippen LogP contribution is -2.24. The minimum absolute atomic E-state index is 0.514. The summed E-state index contributed by atoms with van der Waals surface area (Å²) in [4.78, 5) is 9.17. The second kappa shape index (κ2) is 3.06. The molecule has 0 saturated heterocycles. The molecule has 0 spiro atoms. The van der Waals surface area contributed by atoms with E-state index < -0.39 is 0 Å². The Kier molecular flexibility index (Phi) is 1.90. The quantitative estimate of drug-likeness (QED) is 0.669. The first-order valence-electron chi connectivity index (χ1n) is 4.15. The van der Waals surface area contributed by atoms with Crippen LogP contribution in [0.4, 0.5) is 5.69 Å². The predicted molar refractivity (Wildman–Crippen MR) is 53.6 cm³/mol. The summed E-state index contributed by atoms with van der Waals surface area (Å²) in [5.74, 6) is 0. The van der Waals surface area contributed by atoms with Gasteiger partial charge in [0.2, 0.25) is 0 Å². The Balaban J connectivity index is 2.48. The molecule has 0 fully saturated rings. The topological polar surface area (TPSA) is 57.9 Å². The van der Waals surface area contributed by atoms with Crippen LogP contribution in [0.25, 0.3) is 11.0 Å². The van der Waals surface area contributed by atoms with Crippen LogP contribution >= 0.6 is 0 Å². The van der Waals surface area contributed by atoms with Crippen molar-refractivity contribution >= 4 is 16.7 Å². The number of hydrogen-bond donors (Lipinski definition) is 2. The minimum atomic E-state index is 0.514. The number of fused-ring (bicyclic) bond motifs is 1. The third-order valence-electron chi connectivity index (χ3n) is 2.12. The third kappa shape index (κ3) is 1.36. The van der Waals surface area contributed by atoms with Crippen LogP contribution in [0.1, 0.15) is 0 Å². The van der Waals surface area contributed by atoms with Crippen LogP contribution in [0.3, 0.4) is 0 Å². The molecule has 0 saturated carbocycles. The van der Waals surface area contributed by atoms with E-state index in [1.54, 1.807) is 6.33 Å². The molecule has 3 N–H and O–H groups in total. The largest absolute Gasteiger partial charge is 0.362 e. The first-order chi connectivity index (χ1) is 6.31. The minimum Gasteiger partial charge on any atom is -0.362 e. The first kappa shape index (κ1) is 8.07. The molecule has 0 aliphatic heterocycles. The number of aromatic amines is 1. The number of H-pyrrole nitrogens is 1. The zero-order valence-electron chi connectivity index (χ0n) is 7.49. The molecule has 0 amide bonds. The Bertz CT molecular complexity index is 407. The molecule has 4 heteroatoms. The van der Waals surface area contributed by atoms with E-state index in [-0.39, 0.29) is 0 Å². The van der Waals surface area contributed by atoms with Gasteiger partial charge in [0.15, 0.2) is 0 Å². The van der Waals surface area contributed by atoms with Gasteiger partial charge in [-0.3, -0.25) is 0 Å². The van der Waals surface area contributed by atoms with E-state index in [1.165, 1.54) is 0 Å². The van der Waals surface area contributed by atoms with Gasteiger partial charge in [-0.25, -0.2) is 4.98 Å². The van der Waals surface area contributed by atoms with Crippen LogP contribution < -0.4 is 10.6 Å². The molecule has 0 aliphatic rings. The Morgan fingerprint density at radius 3 is 3.15 bits per heavy atom. The lowest BCUT2D eigenvalue weighted by Gasteiger charge is -2.15. The summed E-state index contributed by atoms with van der Waals surface area (Å²) in [6.45, 7) is 0.514. The van der Waals surface area contributed by atoms with Crippen molar-refractivity contribution in [1.29, 1.82) is 0 Å². The van der Waals surface area contributed by atoms with Gasteiger partial charge in [-0.15, -0.1) is 0 Å². The summed E-state index contributed by atoms with van der Waals surface area (Å²) >= 11 is 0. The van der Waals surface area contributed by atoms with Gasteiger partial charge < -0.3 is 15.6 Å². The lowest BCUT2D eigenvalue weighted by molar-refractivity contribution is 0.934. The molecule has 1 aromatic carbocycles. The fourth-order valence-electron chi connectivity index (χ4n) is 1.27. The molecule has 2 rings (SSSR count). The number of nitrogens with zero attached hydrogens (tertiary/aromatic N) is 2. The summed E-state index contributed by atoms with van der Waals surface area (Å²) in [5, 5.41) is 0. The average Bonchev–Trinajstić information content (AvgIpc) is 2.63. The van der Waals surface area contributed by atoms with Gasteiger partial charge in [-0.2, -0.15) is 0 Å². The van der Waals surface area contributed by atoms with Gasteiger partial charge in [-0.05, 0) is 18.2 Å². The SMILES string of the molecule is CN(CN)c1ccc2nc[nH]c2c1. The van der Waals surface area contributed by atoms with Crippen LogP contribution in [0.5, 0.6) is 0 Å². The molecule has 0 atom stereocenters. The standard InChI is InChI=1S/C9H12N4/c1-13(5-10)7-2-3-8-9(4-7)12-6-11-8/h2-4,6H,5,10H2,1H3,(H,11,12). The molecule has 68 valence electrons. The van der Waals surface area contributed by atoms with Crippen molar-refractivity contribution in [2.75, 3.05) is 18.6 Å². The zero-order chi connectivity index (χ0) is 9.26. The fraction of sp³-hybridized carbons (Fsp3) is 0.222. The highest BCUT2D eigenvalue weighted by Crippen LogP contribution is 2.17. The van der Waals surface area contributed by atoms with Crippen molar-refractivity contribution in [1.82, 2.24) is 9.97 Å². The number of rotatable bonds is 2. The van der Waals surface area contributed by atoms with Crippen molar-refractivity contribution in [2.24, 2.45) is 5.73 Å². The van der Waals surface area contributed by atoms with Crippen LogP contribution in [0.15, 0.2) is 24.5 Å². The zero-order valence-corrected chi connectivity index (χ0v) is 7.49. The molecule has 0 bridgehead atoms. The van der Waals surface area contributed by atoms with Crippen molar-refractivity contribution in [3.63, 3.8) is 0 Å². The molecule has 0 aliphatic carbocycles. The van der Waals surface area contributed by atoms with Gasteiger partial charge in [0.05, 0.1) is 24.0 Å². The van der Waals surface area contributed by atoms with Gasteiger partial charge in [-0.1, -0.05) is 0 Å². The molecule has 1 heterocycles. The van der Waals surface area contributed by atoms with E-state index in [1.807, 2.05) is 30.1 Å². The van der Waals surface area contributed by atoms with E-state index in [4.69, 9.17) is 5.73 Å². The fourth-order valence-corrected chi connectivity index (χ4v) is 1.27. The van der Waals surface area contributed by atoms with E-state index in [0.717, 1.165) is 16.7 Å². The number of anilines is 1. The first-order valence-corrected chi connectivity index (χ1v) is 4.15. The van der Waals surface area contributed by atoms with Gasteiger partial charge in [0, 0.05) is 12.7 Å². The van der Waals surface area contributed by atoms with E-state index in [9.17, 15) is 0 Å². The number of imidazole rings is 1. The van der Waals surface area contributed by atoms with E-state index >= 15 is 0 Å². The summed E-state index contributed by atoms with van der Waals surface area (Å²) < 4.78 is 0. The smallest absolute Gasteiger partial charge is 0.0931 e. The van der Waals surface area contributed by atoms with Crippen LogP contribution in [-0.2, 0) is 0 Å². The van der Waals surface area contributed by atoms with Gasteiger partial charge in [0.1, 0.15) is 0 Å². The molecule has 13 heavy (non-hydrogen) atoms. The maximum atomic E-state index is 5.52. The van der Waals surface area contributed by atoms with Gasteiger partial charge >= 0.3 is 0 Å². The second-order valence-corrected chi connectivity index (χ2v) is 2.98. The molecule has 1 aromatic heterocycles. The molecular formula is C9H12N4. The predicted octanol–water partition coefficient (Wildman–Crippen LogP) is 0.915. The summed E-state index contributed by atoms with van der Waals surface area (Å²) in [5.41, 5.74) is 8.64. The number of nitrogens with two attached hydrogens (primary N) is 1. The second-order valence-electron chi connectivity index (χ2n) is 2.98. The Labute approximate surface area is 76.4 Å². The normalized spacial score (nSPS) is 10.6. The van der Waals surface area contributed by atoms with Crippen molar-refractivity contribution in [2.45, 2.75) is 0 Å². The highest BCUT2D eigenvalue weighted by Gasteiger charge is 2.00. The number of aromatic nitrogens is 2. The highest BCUT2D eigenvalue weighted by molar-refractivity contribution is 5.78. The summed E-state index contributed by atoms with van der Waals surface area (Å²) in [6, 6.07) is 6.03. The lowest BCUT2D eigenvalue weighted by atomic mass is 10.2. The van der Waals surface area contributed by atoms with Crippen molar-refractivity contribution in [3.05, 3.63) is 24.5 Å². The number of nitrogens with one attached hydrogen (secondary N) is 1. The Morgan fingerprint density at radius 1 is 1.54 bits per heavy atom. The van der Waals surface area contributed by atoms with Gasteiger partial charge in [0.25, 0.3) is 0 Å². The van der Waals surface area contributed by atoms with Crippen molar-refractivity contribution < 1.29 is 0 Å². The van der Waals surface area contributed by atoms with Crippen molar-refractivity contribution in [3.8, 4) is 0 Å². The van der Waals surface area contributed by atoms with Crippen LogP contribution in [0.2, 0.25) is 0 Å². The summed E-state index contributed by atoms with van der Waals surface area (Å²) in [7, 11) is 1.96.